The minimum absolute atomic E-state index is 0.114. The molecule has 0 aromatic heterocycles. The van der Waals surface area contributed by atoms with Gasteiger partial charge in [0.2, 0.25) is 26.0 Å². The smallest absolute Gasteiger partial charge is 0.252 e. The lowest BCUT2D eigenvalue weighted by Gasteiger charge is -2.29. The molecule has 200 valence electrons. The van der Waals surface area contributed by atoms with Crippen molar-refractivity contribution in [3.8, 4) is 0 Å². The zero-order valence-corrected chi connectivity index (χ0v) is 23.1. The summed E-state index contributed by atoms with van der Waals surface area (Å²) in [7, 11) is -8.21. The fourth-order valence-corrected chi connectivity index (χ4v) is 7.37. The van der Waals surface area contributed by atoms with Crippen LogP contribution in [0.25, 0.3) is 0 Å². The molecule has 2 N–H and O–H groups in total. The van der Waals surface area contributed by atoms with E-state index in [2.05, 4.69) is 0 Å². The third kappa shape index (κ3) is 5.02. The molecule has 1 saturated heterocycles. The van der Waals surface area contributed by atoms with E-state index in [1.54, 1.807) is 44.2 Å². The summed E-state index contributed by atoms with van der Waals surface area (Å²) in [5, 5.41) is 5.15. The predicted molar refractivity (Wildman–Crippen MR) is 143 cm³/mol. The van der Waals surface area contributed by atoms with Crippen LogP contribution in [0.15, 0.2) is 70.5 Å². The molecule has 1 aliphatic heterocycles. The summed E-state index contributed by atoms with van der Waals surface area (Å²) >= 11 is 0. The lowest BCUT2D eigenvalue weighted by atomic mass is 10.0. The molecule has 1 heterocycles. The van der Waals surface area contributed by atoms with E-state index in [1.807, 2.05) is 19.9 Å². The van der Waals surface area contributed by atoms with Crippen molar-refractivity contribution in [3.63, 3.8) is 0 Å². The van der Waals surface area contributed by atoms with Gasteiger partial charge in [0.25, 0.3) is 5.91 Å². The van der Waals surface area contributed by atoms with Crippen LogP contribution in [0.1, 0.15) is 34.2 Å². The van der Waals surface area contributed by atoms with E-state index in [4.69, 9.17) is 5.14 Å². The molecule has 1 unspecified atom stereocenters. The van der Waals surface area contributed by atoms with E-state index in [-0.39, 0.29) is 28.4 Å². The van der Waals surface area contributed by atoms with Crippen LogP contribution in [0, 0.1) is 27.7 Å². The quantitative estimate of drug-likeness (QED) is 0.445. The Balaban J connectivity index is 1.81. The second-order valence-corrected chi connectivity index (χ2v) is 12.8. The highest BCUT2D eigenvalue weighted by molar-refractivity contribution is 7.89. The summed E-state index contributed by atoms with van der Waals surface area (Å²) in [5.74, 6) is -1.30. The summed E-state index contributed by atoms with van der Waals surface area (Å²) in [4.78, 5) is 27.6. The van der Waals surface area contributed by atoms with Gasteiger partial charge in [-0.05, 0) is 79.8 Å². The van der Waals surface area contributed by atoms with Gasteiger partial charge in [-0.25, -0.2) is 26.9 Å². The molecule has 3 aromatic carbocycles. The second-order valence-electron chi connectivity index (χ2n) is 9.45. The van der Waals surface area contributed by atoms with Crippen LogP contribution >= 0.6 is 0 Å². The third-order valence-corrected chi connectivity index (χ3v) is 10.00. The Morgan fingerprint density at radius 2 is 1.42 bits per heavy atom. The Morgan fingerprint density at radius 3 is 1.95 bits per heavy atom. The van der Waals surface area contributed by atoms with Crippen LogP contribution in [0.5, 0.6) is 0 Å². The van der Waals surface area contributed by atoms with Crippen molar-refractivity contribution >= 4 is 37.5 Å². The fraction of sp³-hybridized carbons (Fsp3) is 0.259. The van der Waals surface area contributed by atoms with E-state index >= 15 is 0 Å². The van der Waals surface area contributed by atoms with Crippen LogP contribution < -0.4 is 10.0 Å². The monoisotopic (exact) mass is 555 g/mol. The number of hydrogen-bond acceptors (Lipinski definition) is 6. The molecule has 3 aromatic rings. The van der Waals surface area contributed by atoms with E-state index < -0.39 is 37.9 Å². The van der Waals surface area contributed by atoms with Crippen molar-refractivity contribution in [2.75, 3.05) is 4.90 Å². The number of nitrogens with two attached hydrogens (primary N) is 1. The molecule has 1 aliphatic rings. The van der Waals surface area contributed by atoms with Crippen molar-refractivity contribution in [2.24, 2.45) is 5.14 Å². The van der Waals surface area contributed by atoms with Gasteiger partial charge in [-0.1, -0.05) is 36.4 Å². The maximum Gasteiger partial charge on any atom is 0.252 e. The maximum atomic E-state index is 14.3. The van der Waals surface area contributed by atoms with Gasteiger partial charge in [-0.3, -0.25) is 9.59 Å². The standard InChI is InChI=1S/C27H29N3O6S2/c1-17-14-18(2)20(4)26(19(17)3)38(35,36)29(16-21-8-6-5-7-9-21)24-15-25(31)30(27(24)32)22-10-12-23(13-11-22)37(28,33)34/h5-14,24H,15-16H2,1-4H3,(H2,28,33,34). The van der Waals surface area contributed by atoms with Crippen LogP contribution in [-0.2, 0) is 36.2 Å². The number of aryl methyl sites for hydroxylation is 2. The average Bonchev–Trinajstić information content (AvgIpc) is 3.14. The van der Waals surface area contributed by atoms with Gasteiger partial charge in [0.15, 0.2) is 0 Å². The number of primary sulfonamides is 1. The summed E-state index contributed by atoms with van der Waals surface area (Å²) in [5.41, 5.74) is 3.56. The molecule has 38 heavy (non-hydrogen) atoms. The molecule has 11 heteroatoms. The first kappa shape index (κ1) is 27.6. The van der Waals surface area contributed by atoms with Crippen molar-refractivity contribution in [1.29, 1.82) is 0 Å². The fourth-order valence-electron chi connectivity index (χ4n) is 4.71. The number of carbonyl (C=O) groups excluding carboxylic acids is 2. The molecule has 0 spiro atoms. The normalized spacial score (nSPS) is 16.5. The molecule has 1 fully saturated rings. The molecule has 1 atom stereocenters. The molecule has 0 saturated carbocycles. The molecule has 0 radical (unpaired) electrons. The molecule has 4 rings (SSSR count). The molecule has 0 aliphatic carbocycles. The van der Waals surface area contributed by atoms with Crippen LogP contribution in [0.3, 0.4) is 0 Å². The maximum absolute atomic E-state index is 14.3. The lowest BCUT2D eigenvalue weighted by molar-refractivity contribution is -0.122. The molecular formula is C27H29N3O6S2. The first-order valence-electron chi connectivity index (χ1n) is 11.9. The Bertz CT molecular complexity index is 1610. The molecular weight excluding hydrogens is 526 g/mol. The number of carbonyl (C=O) groups is 2. The second kappa shape index (κ2) is 10.1. The summed E-state index contributed by atoms with van der Waals surface area (Å²) in [6.45, 7) is 7.02. The van der Waals surface area contributed by atoms with Gasteiger partial charge < -0.3 is 0 Å². The topological polar surface area (TPSA) is 135 Å². The number of rotatable bonds is 7. The van der Waals surface area contributed by atoms with E-state index in [0.717, 1.165) is 20.3 Å². The first-order chi connectivity index (χ1) is 17.7. The van der Waals surface area contributed by atoms with Gasteiger partial charge >= 0.3 is 0 Å². The zero-order chi connectivity index (χ0) is 28.0. The molecule has 9 nitrogen and oxygen atoms in total. The number of anilines is 1. The lowest BCUT2D eigenvalue weighted by Crippen LogP contribution is -2.45. The van der Waals surface area contributed by atoms with Gasteiger partial charge in [-0.15, -0.1) is 0 Å². The van der Waals surface area contributed by atoms with E-state index in [1.165, 1.54) is 24.3 Å². The summed E-state index contributed by atoms with van der Waals surface area (Å²) < 4.78 is 52.9. The highest BCUT2D eigenvalue weighted by atomic mass is 32.2. The van der Waals surface area contributed by atoms with Crippen molar-refractivity contribution in [2.45, 2.75) is 56.5 Å². The molecule has 2 amide bonds. The predicted octanol–water partition coefficient (Wildman–Crippen LogP) is 3.09. The Morgan fingerprint density at radius 1 is 0.868 bits per heavy atom. The largest absolute Gasteiger partial charge is 0.274 e. The van der Waals surface area contributed by atoms with Crippen molar-refractivity contribution < 1.29 is 26.4 Å². The average molecular weight is 556 g/mol. The number of sulfonamides is 2. The number of amides is 2. The highest BCUT2D eigenvalue weighted by Gasteiger charge is 2.47. The number of imide groups is 1. The Kier molecular flexibility index (Phi) is 7.32. The number of nitrogens with zero attached hydrogens (tertiary/aromatic N) is 2. The minimum Gasteiger partial charge on any atom is -0.274 e. The number of benzene rings is 3. The SMILES string of the molecule is Cc1cc(C)c(C)c(S(=O)(=O)N(Cc2ccccc2)C2CC(=O)N(c3ccc(S(N)(=O)=O)cc3)C2=O)c1C. The Hall–Kier alpha value is -3.38. The first-order valence-corrected chi connectivity index (χ1v) is 14.8. The highest BCUT2D eigenvalue weighted by Crippen LogP contribution is 2.34. The Labute approximate surface area is 223 Å². The molecule has 0 bridgehead atoms. The third-order valence-electron chi connectivity index (χ3n) is 6.94. The van der Waals surface area contributed by atoms with Crippen molar-refractivity contribution in [3.05, 3.63) is 88.5 Å². The van der Waals surface area contributed by atoms with Gasteiger partial charge in [-0.2, -0.15) is 4.31 Å². The van der Waals surface area contributed by atoms with Crippen molar-refractivity contribution in [1.82, 2.24) is 4.31 Å². The number of hydrogen-bond donors (Lipinski definition) is 1. The minimum atomic E-state index is -4.24. The van der Waals surface area contributed by atoms with E-state index in [0.29, 0.717) is 16.7 Å². The summed E-state index contributed by atoms with van der Waals surface area (Å²) in [6.07, 6.45) is -0.356. The van der Waals surface area contributed by atoms with Crippen LogP contribution in [0.4, 0.5) is 5.69 Å². The zero-order valence-electron chi connectivity index (χ0n) is 21.5. The van der Waals surface area contributed by atoms with Crippen LogP contribution in [0.2, 0.25) is 0 Å². The van der Waals surface area contributed by atoms with E-state index in [9.17, 15) is 26.4 Å². The van der Waals surface area contributed by atoms with Gasteiger partial charge in [0, 0.05) is 6.54 Å². The van der Waals surface area contributed by atoms with Gasteiger partial charge in [0.1, 0.15) is 6.04 Å². The van der Waals surface area contributed by atoms with Gasteiger partial charge in [0.05, 0.1) is 21.9 Å². The summed E-state index contributed by atoms with van der Waals surface area (Å²) in [6, 6.07) is 14.5. The van der Waals surface area contributed by atoms with Crippen LogP contribution in [-0.4, -0.2) is 39.0 Å².